The van der Waals surface area contributed by atoms with Crippen molar-refractivity contribution in [2.24, 2.45) is 41.4 Å². The van der Waals surface area contributed by atoms with E-state index in [9.17, 15) is 86.5 Å². The van der Waals surface area contributed by atoms with E-state index in [4.69, 9.17) is 18.9 Å². The van der Waals surface area contributed by atoms with Crippen LogP contribution in [0.2, 0.25) is 0 Å². The summed E-state index contributed by atoms with van der Waals surface area (Å²) in [4.78, 5) is 15.4. The Balaban J connectivity index is 1.85. The predicted molar refractivity (Wildman–Crippen MR) is 364 cm³/mol. The molecule has 3 rings (SSSR count). The van der Waals surface area contributed by atoms with Gasteiger partial charge >= 0.3 is 5.97 Å². The fraction of sp³-hybridized carbons (Fsp3) is 0.877. The number of aliphatic hydroxyl groups is 16. The van der Waals surface area contributed by atoms with Gasteiger partial charge in [0.05, 0.1) is 116 Å². The van der Waals surface area contributed by atoms with Crippen molar-refractivity contribution in [3.63, 3.8) is 0 Å². The molecule has 2 fully saturated rings. The molecule has 0 radical (unpaired) electrons. The summed E-state index contributed by atoms with van der Waals surface area (Å²) >= 11 is 0. The topological polar surface area (TPSA) is 381 Å². The molecule has 0 spiro atoms. The molecule has 16 N–H and O–H groups in total. The van der Waals surface area contributed by atoms with Crippen molar-refractivity contribution >= 4 is 5.97 Å². The Morgan fingerprint density at radius 1 is 0.632 bits per heavy atom. The van der Waals surface area contributed by atoms with Gasteiger partial charge < -0.3 is 106 Å². The molecule has 2 bridgehead atoms. The second kappa shape index (κ2) is 43.4. The van der Waals surface area contributed by atoms with Gasteiger partial charge in [0.25, 0.3) is 0 Å². The number of likely N-dealkylation sites (N-methyl/N-ethyl adjacent to an activating group) is 1. The highest BCUT2D eigenvalue weighted by atomic mass is 16.7. The molecular weight excluding hydrogens is 1230 g/mol. The second-order valence-electron chi connectivity index (χ2n) is 29.6. The SMILES string of the molecule is CCC(C)CCCC1/C=C(\C)C(O)CC(O)CCCC(O)C(C)C(O)C/C=C/C=C(\C)C(O)C(C)C2CC(O[C@@H]3O[C@H](C)[C@@H](O)[C@H](N(C)C)[C@H]3O)C(C)C(O)(CC(=O)OC(C)/C=C/C(O)CC(O)CCCC(O)C(C)C(O)CCC(C)C(O)CC(O)CC(O)CCCC1O)O2. The average molecular weight is 1360 g/mol. The van der Waals surface area contributed by atoms with E-state index in [2.05, 4.69) is 13.8 Å². The molecule has 29 atom stereocenters. The zero-order valence-corrected chi connectivity index (χ0v) is 59.8. The fourth-order valence-electron chi connectivity index (χ4n) is 13.5. The van der Waals surface area contributed by atoms with Crippen molar-refractivity contribution < 1.29 is 105 Å². The van der Waals surface area contributed by atoms with Gasteiger partial charge in [-0.25, -0.2) is 0 Å². The molecule has 22 nitrogen and oxygen atoms in total. The molecule has 3 aliphatic rings. The van der Waals surface area contributed by atoms with Gasteiger partial charge in [-0.05, 0) is 167 Å². The zero-order chi connectivity index (χ0) is 71.6. The highest BCUT2D eigenvalue weighted by molar-refractivity contribution is 5.71. The normalized spacial score (nSPS) is 44.3. The van der Waals surface area contributed by atoms with Crippen LogP contribution in [0.5, 0.6) is 0 Å². The van der Waals surface area contributed by atoms with E-state index in [0.717, 1.165) is 19.3 Å². The zero-order valence-electron chi connectivity index (χ0n) is 59.8. The number of nitrogens with zero attached hydrogens (tertiary/aromatic N) is 1. The van der Waals surface area contributed by atoms with Crippen LogP contribution in [0.15, 0.2) is 47.6 Å². The number of hydrogen-bond donors (Lipinski definition) is 16. The van der Waals surface area contributed by atoms with Crippen molar-refractivity contribution in [3.8, 4) is 0 Å². The summed E-state index contributed by atoms with van der Waals surface area (Å²) in [6, 6.07) is -0.776. The number of esters is 1. The molecule has 0 aromatic rings. The standard InChI is InChI=1S/C73H133NO21/c1-14-42(2)21-17-23-52-35-45(5)64(86)38-55(77)26-19-29-59(81)47(7)58(80)27-16-15-22-44(4)69(88)49(9)65-40-66(94-72-71(90)68(74(12)13)70(89)51(11)93-72)50(10)73(91,95-65)41-67(87)92-46(6)32-33-56(78)36-53(75)24-18-28-60(82)48(8)61(83)34-31-43(3)63(85)39-57(79)37-54(76)25-20-30-62(52)84/h15-16,22,32-33,35,42-43,46-66,68-72,75-86,88-91H,14,17-21,23-31,34,36-41H2,1-13H3/b16-15+,33-32+,44-22+,45-35+/t42?,43?,46?,47?,48?,49?,50?,51-,52?,53?,54?,55?,56?,57?,58?,59?,60?,61?,62?,63?,64?,65?,66?,68+,69?,70-,71-,72+,73?/m1/s1. The third kappa shape index (κ3) is 30.0. The number of fused-ring (bicyclic) bond motifs is 2. The van der Waals surface area contributed by atoms with Crippen LogP contribution >= 0.6 is 0 Å². The van der Waals surface area contributed by atoms with E-state index in [1.807, 2.05) is 13.0 Å². The summed E-state index contributed by atoms with van der Waals surface area (Å²) in [5.74, 6) is -5.99. The smallest absolute Gasteiger partial charge is 0.311 e. The molecule has 0 aliphatic carbocycles. The Bertz CT molecular complexity index is 2240. The van der Waals surface area contributed by atoms with E-state index in [-0.39, 0.29) is 76.0 Å². The summed E-state index contributed by atoms with van der Waals surface area (Å²) in [7, 11) is 3.41. The first-order chi connectivity index (χ1) is 44.5. The first kappa shape index (κ1) is 86.8. The summed E-state index contributed by atoms with van der Waals surface area (Å²) < 4.78 is 24.5. The Morgan fingerprint density at radius 2 is 1.20 bits per heavy atom. The number of cyclic esters (lactones) is 1. The molecule has 24 unspecified atom stereocenters. The molecule has 0 aromatic heterocycles. The van der Waals surface area contributed by atoms with Crippen molar-refractivity contribution in [1.82, 2.24) is 4.90 Å². The second-order valence-corrected chi connectivity index (χ2v) is 29.6. The van der Waals surface area contributed by atoms with Gasteiger partial charge in [-0.1, -0.05) is 98.1 Å². The number of aliphatic hydroxyl groups excluding tert-OH is 15. The lowest BCUT2D eigenvalue weighted by molar-refractivity contribution is -0.351. The molecule has 0 amide bonds. The molecule has 2 saturated heterocycles. The van der Waals surface area contributed by atoms with Crippen LogP contribution in [0.25, 0.3) is 0 Å². The molecule has 22 heteroatoms. The van der Waals surface area contributed by atoms with Gasteiger partial charge in [-0.3, -0.25) is 4.79 Å². The van der Waals surface area contributed by atoms with Gasteiger partial charge in [-0.2, -0.15) is 0 Å². The van der Waals surface area contributed by atoms with Crippen molar-refractivity contribution in [2.75, 3.05) is 14.1 Å². The number of ether oxygens (including phenoxy) is 4. The van der Waals surface area contributed by atoms with E-state index in [1.54, 1.807) is 92.6 Å². The highest BCUT2D eigenvalue weighted by Crippen LogP contribution is 2.42. The Morgan fingerprint density at radius 3 is 1.80 bits per heavy atom. The maximum absolute atomic E-state index is 13.7. The van der Waals surface area contributed by atoms with Crippen LogP contribution in [-0.2, 0) is 23.7 Å². The fourth-order valence-corrected chi connectivity index (χ4v) is 13.5. The minimum atomic E-state index is -2.25. The first-order valence-corrected chi connectivity index (χ1v) is 36.0. The lowest BCUT2D eigenvalue weighted by Gasteiger charge is -2.50. The van der Waals surface area contributed by atoms with Crippen molar-refractivity contribution in [3.05, 3.63) is 47.6 Å². The van der Waals surface area contributed by atoms with Crippen LogP contribution in [-0.4, -0.2) is 241 Å². The highest BCUT2D eigenvalue weighted by Gasteiger charge is 2.53. The van der Waals surface area contributed by atoms with Gasteiger partial charge in [0.15, 0.2) is 12.1 Å². The van der Waals surface area contributed by atoms with Gasteiger partial charge in [0.2, 0.25) is 0 Å². The number of hydrogen-bond acceptors (Lipinski definition) is 22. The number of carbonyl (C=O) groups is 1. The monoisotopic (exact) mass is 1360 g/mol. The Labute approximate surface area is 568 Å². The summed E-state index contributed by atoms with van der Waals surface area (Å²) in [6.07, 6.45) is -3.01. The number of allylic oxidation sites excluding steroid dienone is 2. The minimum Gasteiger partial charge on any atom is -0.458 e. The molecule has 556 valence electrons. The van der Waals surface area contributed by atoms with E-state index in [1.165, 1.54) is 12.2 Å². The summed E-state index contributed by atoms with van der Waals surface area (Å²) in [6.45, 7) is 19.6. The lowest BCUT2D eigenvalue weighted by atomic mass is 9.80. The molecule has 3 aliphatic heterocycles. The third-order valence-corrected chi connectivity index (χ3v) is 21.2. The Hall–Kier alpha value is -2.37. The van der Waals surface area contributed by atoms with Crippen LogP contribution in [0.4, 0.5) is 0 Å². The van der Waals surface area contributed by atoms with E-state index in [0.29, 0.717) is 68.4 Å². The van der Waals surface area contributed by atoms with Crippen molar-refractivity contribution in [2.45, 2.75) is 352 Å². The maximum Gasteiger partial charge on any atom is 0.311 e. The Kier molecular flexibility index (Phi) is 39.7. The van der Waals surface area contributed by atoms with E-state index >= 15 is 0 Å². The summed E-state index contributed by atoms with van der Waals surface area (Å²) in [5.41, 5.74) is 1.12. The van der Waals surface area contributed by atoms with Crippen LogP contribution in [0.1, 0.15) is 217 Å². The van der Waals surface area contributed by atoms with Crippen molar-refractivity contribution in [1.29, 1.82) is 0 Å². The average Bonchev–Trinajstić information content (AvgIpc) is 0.772. The van der Waals surface area contributed by atoms with Gasteiger partial charge in [0.1, 0.15) is 12.2 Å². The third-order valence-electron chi connectivity index (χ3n) is 21.2. The number of carbonyl (C=O) groups excluding carboxylic acids is 1. The lowest BCUT2D eigenvalue weighted by Crippen LogP contribution is -2.64. The predicted octanol–water partition coefficient (Wildman–Crippen LogP) is 5.53. The molecule has 0 saturated carbocycles. The largest absolute Gasteiger partial charge is 0.458 e. The van der Waals surface area contributed by atoms with Crippen LogP contribution < -0.4 is 0 Å². The van der Waals surface area contributed by atoms with Crippen LogP contribution in [0.3, 0.4) is 0 Å². The number of rotatable bonds is 8. The van der Waals surface area contributed by atoms with E-state index < -0.39 is 170 Å². The minimum absolute atomic E-state index is 0.0118. The molecule has 95 heavy (non-hydrogen) atoms. The quantitative estimate of drug-likeness (QED) is 0.105. The maximum atomic E-state index is 13.7. The van der Waals surface area contributed by atoms with Crippen LogP contribution in [0, 0.1) is 41.4 Å². The van der Waals surface area contributed by atoms with Gasteiger partial charge in [0, 0.05) is 48.9 Å². The van der Waals surface area contributed by atoms with Gasteiger partial charge in [-0.15, -0.1) is 0 Å². The summed E-state index contributed by atoms with van der Waals surface area (Å²) in [5, 5.41) is 179. The first-order valence-electron chi connectivity index (χ1n) is 36.0. The molecule has 0 aromatic carbocycles. The molecular formula is C73H133NO21. The molecule has 3 heterocycles.